The molecule has 2 atom stereocenters. The van der Waals surface area contributed by atoms with Crippen LogP contribution in [-0.4, -0.2) is 42.8 Å². The second-order valence-electron chi connectivity index (χ2n) is 9.65. The molecule has 0 radical (unpaired) electrons. The van der Waals surface area contributed by atoms with Gasteiger partial charge in [0.05, 0.1) is 5.92 Å². The first-order chi connectivity index (χ1) is 16.8. The molecule has 35 heavy (non-hydrogen) atoms. The molecule has 0 heterocycles. The average molecular weight is 481 g/mol. The molecule has 0 bridgehead atoms. The zero-order valence-electron chi connectivity index (χ0n) is 20.8. The van der Waals surface area contributed by atoms with E-state index in [0.717, 1.165) is 11.1 Å². The first kappa shape index (κ1) is 26.3. The number of ether oxygens (including phenoxy) is 1. The lowest BCUT2D eigenvalue weighted by Gasteiger charge is -2.19. The van der Waals surface area contributed by atoms with Crippen LogP contribution in [-0.2, 0) is 14.3 Å². The Morgan fingerprint density at radius 1 is 0.943 bits per heavy atom. The van der Waals surface area contributed by atoms with Crippen molar-refractivity contribution in [1.29, 1.82) is 0 Å². The average Bonchev–Trinajstić information content (AvgIpc) is 3.16. The van der Waals surface area contributed by atoms with Crippen molar-refractivity contribution in [3.8, 4) is 11.1 Å². The first-order valence-corrected chi connectivity index (χ1v) is 12.4. The minimum Gasteiger partial charge on any atom is -0.481 e. The van der Waals surface area contributed by atoms with Gasteiger partial charge in [0.25, 0.3) is 0 Å². The maximum Gasteiger partial charge on any atom is 0.407 e. The van der Waals surface area contributed by atoms with Crippen LogP contribution < -0.4 is 10.6 Å². The number of carbonyl (C=O) groups is 3. The van der Waals surface area contributed by atoms with Gasteiger partial charge in [0.2, 0.25) is 5.91 Å². The molecule has 2 unspecified atom stereocenters. The third-order valence-electron chi connectivity index (χ3n) is 6.58. The van der Waals surface area contributed by atoms with Crippen molar-refractivity contribution in [3.63, 3.8) is 0 Å². The maximum atomic E-state index is 12.4. The summed E-state index contributed by atoms with van der Waals surface area (Å²) < 4.78 is 5.57. The summed E-state index contributed by atoms with van der Waals surface area (Å²) in [5.74, 6) is -1.54. The Kier molecular flexibility index (Phi) is 9.29. The Bertz CT molecular complexity index is 990. The zero-order valence-corrected chi connectivity index (χ0v) is 20.8. The van der Waals surface area contributed by atoms with Crippen LogP contribution in [0.15, 0.2) is 48.5 Å². The second kappa shape index (κ2) is 12.4. The van der Waals surface area contributed by atoms with Gasteiger partial charge in [-0.1, -0.05) is 75.7 Å². The van der Waals surface area contributed by atoms with E-state index in [2.05, 4.69) is 34.9 Å². The van der Waals surface area contributed by atoms with Gasteiger partial charge >= 0.3 is 12.1 Å². The van der Waals surface area contributed by atoms with Crippen molar-refractivity contribution < 1.29 is 24.2 Å². The lowest BCUT2D eigenvalue weighted by Crippen LogP contribution is -2.36. The number of benzene rings is 2. The molecule has 0 aromatic heterocycles. The van der Waals surface area contributed by atoms with E-state index in [-0.39, 0.29) is 43.2 Å². The number of carboxylic acids is 1. The van der Waals surface area contributed by atoms with Crippen LogP contribution in [0.25, 0.3) is 11.1 Å². The molecule has 0 saturated heterocycles. The van der Waals surface area contributed by atoms with Crippen molar-refractivity contribution in [3.05, 3.63) is 59.7 Å². The highest BCUT2D eigenvalue weighted by molar-refractivity contribution is 5.79. The Labute approximate surface area is 207 Å². The highest BCUT2D eigenvalue weighted by Gasteiger charge is 2.29. The first-order valence-electron chi connectivity index (χ1n) is 12.4. The van der Waals surface area contributed by atoms with E-state index in [9.17, 15) is 19.5 Å². The smallest absolute Gasteiger partial charge is 0.407 e. The molecular formula is C28H36N2O5. The van der Waals surface area contributed by atoms with Crippen LogP contribution in [0.1, 0.15) is 57.1 Å². The monoisotopic (exact) mass is 480 g/mol. The van der Waals surface area contributed by atoms with E-state index in [4.69, 9.17) is 4.74 Å². The van der Waals surface area contributed by atoms with Crippen LogP contribution in [0.5, 0.6) is 0 Å². The molecule has 3 rings (SSSR count). The van der Waals surface area contributed by atoms with Gasteiger partial charge < -0.3 is 20.5 Å². The van der Waals surface area contributed by atoms with Gasteiger partial charge in [0, 0.05) is 25.4 Å². The van der Waals surface area contributed by atoms with Crippen LogP contribution >= 0.6 is 0 Å². The van der Waals surface area contributed by atoms with Crippen molar-refractivity contribution >= 4 is 18.0 Å². The number of hydrogen-bond acceptors (Lipinski definition) is 4. The highest BCUT2D eigenvalue weighted by atomic mass is 16.5. The molecule has 0 spiro atoms. The van der Waals surface area contributed by atoms with E-state index < -0.39 is 18.0 Å². The van der Waals surface area contributed by atoms with E-state index in [1.165, 1.54) is 11.1 Å². The predicted octanol–water partition coefficient (Wildman–Crippen LogP) is 4.80. The molecule has 0 saturated carbocycles. The normalized spacial score (nSPS) is 14.1. The molecule has 3 N–H and O–H groups in total. The zero-order chi connectivity index (χ0) is 25.4. The van der Waals surface area contributed by atoms with Crippen molar-refractivity contribution in [2.75, 3.05) is 19.7 Å². The fourth-order valence-electron chi connectivity index (χ4n) is 4.65. The van der Waals surface area contributed by atoms with Crippen LogP contribution in [0, 0.1) is 17.8 Å². The summed E-state index contributed by atoms with van der Waals surface area (Å²) in [6.07, 6.45) is 0.920. The minimum absolute atomic E-state index is 0.00563. The predicted molar refractivity (Wildman–Crippen MR) is 135 cm³/mol. The molecular weight excluding hydrogens is 444 g/mol. The number of aliphatic carboxylic acids is 1. The maximum absolute atomic E-state index is 12.4. The molecule has 2 aromatic carbocycles. The molecule has 2 aromatic rings. The molecule has 1 aliphatic carbocycles. The number of carboxylic acid groups (broad SMARTS) is 1. The summed E-state index contributed by atoms with van der Waals surface area (Å²) in [7, 11) is 0. The van der Waals surface area contributed by atoms with Gasteiger partial charge in [-0.05, 0) is 40.5 Å². The van der Waals surface area contributed by atoms with Gasteiger partial charge in [-0.25, -0.2) is 4.79 Å². The highest BCUT2D eigenvalue weighted by Crippen LogP contribution is 2.44. The number of carbonyl (C=O) groups excluding carboxylic acids is 2. The van der Waals surface area contributed by atoms with Crippen molar-refractivity contribution in [2.24, 2.45) is 17.8 Å². The number of hydrogen-bond donors (Lipinski definition) is 3. The number of rotatable bonds is 12. The Morgan fingerprint density at radius 2 is 1.54 bits per heavy atom. The summed E-state index contributed by atoms with van der Waals surface area (Å²) in [4.78, 5) is 36.2. The quantitative estimate of drug-likeness (QED) is 0.405. The SMILES string of the molecule is CCC(CNC(=O)OCC1c2ccccc2-c2ccccc21)CC(=O)NCC(CC(C)C)C(=O)O. The van der Waals surface area contributed by atoms with Crippen LogP contribution in [0.4, 0.5) is 4.79 Å². The lowest BCUT2D eigenvalue weighted by molar-refractivity contribution is -0.142. The van der Waals surface area contributed by atoms with Crippen LogP contribution in [0.2, 0.25) is 0 Å². The van der Waals surface area contributed by atoms with E-state index in [0.29, 0.717) is 19.4 Å². The number of fused-ring (bicyclic) bond motifs is 3. The van der Waals surface area contributed by atoms with Crippen LogP contribution in [0.3, 0.4) is 0 Å². The van der Waals surface area contributed by atoms with Gasteiger partial charge in [-0.15, -0.1) is 0 Å². The number of nitrogens with one attached hydrogen (secondary N) is 2. The molecule has 0 aliphatic heterocycles. The molecule has 0 fully saturated rings. The number of alkyl carbamates (subject to hydrolysis) is 1. The molecule has 2 amide bonds. The topological polar surface area (TPSA) is 105 Å². The summed E-state index contributed by atoms with van der Waals surface area (Å²) in [5.41, 5.74) is 4.66. The van der Waals surface area contributed by atoms with Gasteiger partial charge in [-0.2, -0.15) is 0 Å². The van der Waals surface area contributed by atoms with Gasteiger partial charge in [0.15, 0.2) is 0 Å². The largest absolute Gasteiger partial charge is 0.481 e. The fraction of sp³-hybridized carbons (Fsp3) is 0.464. The third-order valence-corrected chi connectivity index (χ3v) is 6.58. The summed E-state index contributed by atoms with van der Waals surface area (Å²) >= 11 is 0. The standard InChI is InChI=1S/C28H36N2O5/c1-4-19(14-26(31)29-16-20(27(32)33)13-18(2)3)15-30-28(34)35-17-25-23-11-7-5-9-21(23)22-10-6-8-12-24(22)25/h5-12,18-20,25H,4,13-17H2,1-3H3,(H,29,31)(H,30,34)(H,32,33). The summed E-state index contributed by atoms with van der Waals surface area (Å²) in [6, 6.07) is 16.3. The van der Waals surface area contributed by atoms with E-state index in [1.54, 1.807) is 0 Å². The van der Waals surface area contributed by atoms with E-state index >= 15 is 0 Å². The second-order valence-corrected chi connectivity index (χ2v) is 9.65. The molecule has 7 nitrogen and oxygen atoms in total. The molecule has 1 aliphatic rings. The Balaban J connectivity index is 1.46. The summed E-state index contributed by atoms with van der Waals surface area (Å²) in [6.45, 7) is 6.54. The fourth-order valence-corrected chi connectivity index (χ4v) is 4.65. The molecule has 188 valence electrons. The Morgan fingerprint density at radius 3 is 2.09 bits per heavy atom. The van der Waals surface area contributed by atoms with Gasteiger partial charge in [-0.3, -0.25) is 9.59 Å². The summed E-state index contributed by atoms with van der Waals surface area (Å²) in [5, 5.41) is 14.9. The van der Waals surface area contributed by atoms with Crippen molar-refractivity contribution in [1.82, 2.24) is 10.6 Å². The Hall–Kier alpha value is -3.35. The van der Waals surface area contributed by atoms with Crippen molar-refractivity contribution in [2.45, 2.75) is 46.0 Å². The lowest BCUT2D eigenvalue weighted by atomic mass is 9.96. The van der Waals surface area contributed by atoms with E-state index in [1.807, 2.05) is 45.0 Å². The minimum atomic E-state index is -0.900. The third kappa shape index (κ3) is 7.07. The molecule has 7 heteroatoms. The number of amides is 2. The van der Waals surface area contributed by atoms with Gasteiger partial charge in [0.1, 0.15) is 6.61 Å².